The first kappa shape index (κ1) is 15.0. The molecule has 1 aromatic carbocycles. The van der Waals surface area contributed by atoms with Crippen molar-refractivity contribution in [2.24, 2.45) is 0 Å². The highest BCUT2D eigenvalue weighted by molar-refractivity contribution is 5.70. The molecule has 8 nitrogen and oxygen atoms in total. The van der Waals surface area contributed by atoms with Crippen LogP contribution in [0.4, 0.5) is 0 Å². The minimum atomic E-state index is -0.581. The zero-order chi connectivity index (χ0) is 17.0. The van der Waals surface area contributed by atoms with Crippen molar-refractivity contribution in [1.29, 1.82) is 0 Å². The van der Waals surface area contributed by atoms with Crippen LogP contribution >= 0.6 is 0 Å². The maximum Gasteiger partial charge on any atom is 0.231 e. The molecule has 3 aliphatic rings. The van der Waals surface area contributed by atoms with Crippen molar-refractivity contribution in [3.05, 3.63) is 24.5 Å². The molecule has 132 valence electrons. The third-order valence-corrected chi connectivity index (χ3v) is 4.96. The second-order valence-electron chi connectivity index (χ2n) is 6.29. The molecule has 25 heavy (non-hydrogen) atoms. The summed E-state index contributed by atoms with van der Waals surface area (Å²) in [7, 11) is 1.61. The van der Waals surface area contributed by atoms with E-state index >= 15 is 0 Å². The summed E-state index contributed by atoms with van der Waals surface area (Å²) in [4.78, 5) is 4.51. The van der Waals surface area contributed by atoms with E-state index in [9.17, 15) is 5.11 Å². The van der Waals surface area contributed by atoms with Gasteiger partial charge in [0.2, 0.25) is 6.79 Å². The fraction of sp³-hybridized carbons (Fsp3) is 0.471. The highest BCUT2D eigenvalue weighted by atomic mass is 16.7. The van der Waals surface area contributed by atoms with E-state index in [2.05, 4.69) is 4.98 Å². The van der Waals surface area contributed by atoms with E-state index in [-0.39, 0.29) is 25.0 Å². The fourth-order valence-electron chi connectivity index (χ4n) is 3.75. The van der Waals surface area contributed by atoms with Crippen LogP contribution < -0.4 is 14.2 Å². The Balaban J connectivity index is 1.56. The molecular weight excluding hydrogens is 328 g/mol. The maximum absolute atomic E-state index is 9.96. The van der Waals surface area contributed by atoms with Gasteiger partial charge in [0.25, 0.3) is 0 Å². The molecule has 0 spiro atoms. The molecule has 0 amide bonds. The van der Waals surface area contributed by atoms with E-state index in [1.807, 2.05) is 16.8 Å². The summed E-state index contributed by atoms with van der Waals surface area (Å²) < 4.78 is 29.9. The van der Waals surface area contributed by atoms with Gasteiger partial charge in [-0.3, -0.25) is 0 Å². The minimum absolute atomic E-state index is 0.0604. The Morgan fingerprint density at radius 1 is 1.16 bits per heavy atom. The number of aliphatic hydroxyl groups is 1. The van der Waals surface area contributed by atoms with Crippen LogP contribution in [-0.4, -0.2) is 60.1 Å². The number of imidazole rings is 1. The second kappa shape index (κ2) is 5.62. The Bertz CT molecular complexity index is 806. The van der Waals surface area contributed by atoms with Gasteiger partial charge in [-0.25, -0.2) is 4.98 Å². The number of methoxy groups -OCH3 is 1. The lowest BCUT2D eigenvalue weighted by atomic mass is 10.1. The molecule has 4 atom stereocenters. The van der Waals surface area contributed by atoms with E-state index in [4.69, 9.17) is 23.7 Å². The number of nitrogens with zero attached hydrogens (tertiary/aromatic N) is 2. The molecule has 8 heteroatoms. The first-order valence-electron chi connectivity index (χ1n) is 8.18. The van der Waals surface area contributed by atoms with E-state index in [0.717, 1.165) is 11.4 Å². The number of aliphatic hydroxyl groups excluding tert-OH is 1. The number of rotatable bonds is 3. The number of fused-ring (bicyclic) bond motifs is 2. The standard InChI is InChI=1S/C17H18N2O6/c1-21-12-5-14-13(24-8-25-14)4-9(12)17-18-2-3-19(17)10-6-22-16-11(20)7-23-15(10)16/h2-5,10-11,15-16,20H,6-8H2,1H3/t10-,11-,15-,16-/m1/s1. The van der Waals surface area contributed by atoms with Crippen molar-refractivity contribution in [2.45, 2.75) is 24.4 Å². The van der Waals surface area contributed by atoms with Crippen molar-refractivity contribution in [3.8, 4) is 28.6 Å². The average Bonchev–Trinajstić information content (AvgIpc) is 3.39. The van der Waals surface area contributed by atoms with Gasteiger partial charge in [-0.05, 0) is 6.07 Å². The molecule has 0 aliphatic carbocycles. The summed E-state index contributed by atoms with van der Waals surface area (Å²) >= 11 is 0. The topological polar surface area (TPSA) is 84.2 Å². The highest BCUT2D eigenvalue weighted by Crippen LogP contribution is 2.43. The smallest absolute Gasteiger partial charge is 0.231 e. The van der Waals surface area contributed by atoms with Gasteiger partial charge in [0.15, 0.2) is 11.5 Å². The van der Waals surface area contributed by atoms with Gasteiger partial charge in [-0.1, -0.05) is 0 Å². The fourth-order valence-corrected chi connectivity index (χ4v) is 3.75. The summed E-state index contributed by atoms with van der Waals surface area (Å²) in [6.07, 6.45) is 2.56. The molecule has 0 radical (unpaired) electrons. The summed E-state index contributed by atoms with van der Waals surface area (Å²) in [6.45, 7) is 0.953. The lowest BCUT2D eigenvalue weighted by Crippen LogP contribution is -2.30. The zero-order valence-electron chi connectivity index (χ0n) is 13.6. The van der Waals surface area contributed by atoms with Gasteiger partial charge in [-0.15, -0.1) is 0 Å². The molecule has 1 aromatic heterocycles. The largest absolute Gasteiger partial charge is 0.496 e. The molecule has 0 unspecified atom stereocenters. The third kappa shape index (κ3) is 2.21. The van der Waals surface area contributed by atoms with Crippen LogP contribution in [0.25, 0.3) is 11.4 Å². The molecular formula is C17H18N2O6. The Morgan fingerprint density at radius 3 is 2.80 bits per heavy atom. The molecule has 0 bridgehead atoms. The predicted octanol–water partition coefficient (Wildman–Crippen LogP) is 0.987. The molecule has 2 aromatic rings. The molecule has 3 aliphatic heterocycles. The first-order chi connectivity index (χ1) is 12.3. The second-order valence-corrected chi connectivity index (χ2v) is 6.29. The Hall–Kier alpha value is -2.29. The molecule has 2 saturated heterocycles. The zero-order valence-corrected chi connectivity index (χ0v) is 13.6. The molecule has 2 fully saturated rings. The van der Waals surface area contributed by atoms with E-state index in [0.29, 0.717) is 30.5 Å². The van der Waals surface area contributed by atoms with Crippen LogP contribution in [0.15, 0.2) is 24.5 Å². The van der Waals surface area contributed by atoms with Gasteiger partial charge >= 0.3 is 0 Å². The van der Waals surface area contributed by atoms with Gasteiger partial charge in [0, 0.05) is 18.5 Å². The normalized spacial score (nSPS) is 29.8. The van der Waals surface area contributed by atoms with Crippen LogP contribution in [0.2, 0.25) is 0 Å². The van der Waals surface area contributed by atoms with Crippen molar-refractivity contribution in [3.63, 3.8) is 0 Å². The van der Waals surface area contributed by atoms with Crippen LogP contribution in [0, 0.1) is 0 Å². The third-order valence-electron chi connectivity index (χ3n) is 4.96. The van der Waals surface area contributed by atoms with Crippen LogP contribution in [0.5, 0.6) is 17.2 Å². The molecule has 5 rings (SSSR count). The van der Waals surface area contributed by atoms with Gasteiger partial charge < -0.3 is 33.4 Å². The minimum Gasteiger partial charge on any atom is -0.496 e. The van der Waals surface area contributed by atoms with Gasteiger partial charge in [-0.2, -0.15) is 0 Å². The lowest BCUT2D eigenvalue weighted by Gasteiger charge is -2.20. The number of benzene rings is 1. The Kier molecular flexibility index (Phi) is 3.37. The Labute approximate surface area is 143 Å². The van der Waals surface area contributed by atoms with Crippen LogP contribution in [-0.2, 0) is 9.47 Å². The molecule has 0 saturated carbocycles. The van der Waals surface area contributed by atoms with Crippen molar-refractivity contribution >= 4 is 0 Å². The quantitative estimate of drug-likeness (QED) is 0.887. The highest BCUT2D eigenvalue weighted by Gasteiger charge is 2.48. The predicted molar refractivity (Wildman–Crippen MR) is 84.9 cm³/mol. The number of aromatic nitrogens is 2. The van der Waals surface area contributed by atoms with Crippen LogP contribution in [0.1, 0.15) is 6.04 Å². The summed E-state index contributed by atoms with van der Waals surface area (Å²) in [5, 5.41) is 9.96. The number of hydrogen-bond acceptors (Lipinski definition) is 7. The van der Waals surface area contributed by atoms with E-state index in [1.54, 1.807) is 19.4 Å². The van der Waals surface area contributed by atoms with E-state index in [1.165, 1.54) is 0 Å². The molecule has 4 heterocycles. The summed E-state index contributed by atoms with van der Waals surface area (Å²) in [5.41, 5.74) is 0.804. The van der Waals surface area contributed by atoms with Crippen LogP contribution in [0.3, 0.4) is 0 Å². The SMILES string of the molecule is COc1cc2c(cc1-c1nccn1[C@@H]1CO[C@H]3[C@@H]1OC[C@H]3O)OCO2. The van der Waals surface area contributed by atoms with Crippen molar-refractivity contribution < 1.29 is 28.8 Å². The van der Waals surface area contributed by atoms with E-state index < -0.39 is 6.10 Å². The Morgan fingerprint density at radius 2 is 1.96 bits per heavy atom. The molecule has 1 N–H and O–H groups in total. The lowest BCUT2D eigenvalue weighted by molar-refractivity contribution is 0.0172. The monoisotopic (exact) mass is 346 g/mol. The number of ether oxygens (including phenoxy) is 5. The van der Waals surface area contributed by atoms with Gasteiger partial charge in [0.05, 0.1) is 31.9 Å². The summed E-state index contributed by atoms with van der Waals surface area (Å²) in [5.74, 6) is 2.71. The van der Waals surface area contributed by atoms with Crippen molar-refractivity contribution in [1.82, 2.24) is 9.55 Å². The van der Waals surface area contributed by atoms with Crippen molar-refractivity contribution in [2.75, 3.05) is 27.1 Å². The summed E-state index contributed by atoms with van der Waals surface area (Å²) in [6, 6.07) is 3.62. The first-order valence-corrected chi connectivity index (χ1v) is 8.18. The maximum atomic E-state index is 9.96. The average molecular weight is 346 g/mol. The van der Waals surface area contributed by atoms with Gasteiger partial charge in [0.1, 0.15) is 29.9 Å². The number of hydrogen-bond donors (Lipinski definition) is 1.